The van der Waals surface area contributed by atoms with Crippen molar-refractivity contribution in [1.29, 1.82) is 0 Å². The molecular weight excluding hydrogens is 207 g/mol. The summed E-state index contributed by atoms with van der Waals surface area (Å²) >= 11 is 2.05. The van der Waals surface area contributed by atoms with Gasteiger partial charge in [-0.15, -0.1) is 5.17 Å². The van der Waals surface area contributed by atoms with Gasteiger partial charge in [0.1, 0.15) is 0 Å². The van der Waals surface area contributed by atoms with Crippen molar-refractivity contribution in [2.45, 2.75) is 6.92 Å². The number of hydrogen-bond donors (Lipinski definition) is 2. The van der Waals surface area contributed by atoms with Crippen molar-refractivity contribution in [3.05, 3.63) is 0 Å². The van der Waals surface area contributed by atoms with Crippen molar-refractivity contribution < 1.29 is 5.21 Å². The van der Waals surface area contributed by atoms with E-state index in [1.165, 1.54) is 0 Å². The Morgan fingerprint density at radius 3 is 2.57 bits per heavy atom. The van der Waals surface area contributed by atoms with Gasteiger partial charge in [0.15, 0.2) is 0 Å². The first-order valence-corrected chi connectivity index (χ1v) is 3.59. The molecule has 0 aliphatic rings. The highest BCUT2D eigenvalue weighted by Gasteiger charge is 1.87. The van der Waals surface area contributed by atoms with Crippen LogP contribution in [-0.2, 0) is 0 Å². The molecule has 0 bridgehead atoms. The molecule has 0 aliphatic heterocycles. The minimum absolute atomic E-state index is 0.589. The molecule has 0 aromatic heterocycles. The second-order valence-corrected chi connectivity index (χ2v) is 1.71. The zero-order chi connectivity index (χ0) is 5.70. The lowest BCUT2D eigenvalue weighted by atomic mass is 10.8. The van der Waals surface area contributed by atoms with Crippen LogP contribution < -0.4 is 5.43 Å². The van der Waals surface area contributed by atoms with E-state index in [2.05, 4.69) is 28.0 Å². The van der Waals surface area contributed by atoms with Crippen molar-refractivity contribution in [1.82, 2.24) is 10.6 Å². The van der Waals surface area contributed by atoms with Gasteiger partial charge in [-0.3, -0.25) is 5.21 Å². The van der Waals surface area contributed by atoms with Crippen molar-refractivity contribution in [3.63, 3.8) is 0 Å². The van der Waals surface area contributed by atoms with Crippen molar-refractivity contribution in [3.8, 4) is 0 Å². The van der Waals surface area contributed by atoms with Crippen LogP contribution in [0.15, 0.2) is 0 Å². The van der Waals surface area contributed by atoms with E-state index in [1.807, 2.05) is 6.92 Å². The second kappa shape index (κ2) is 4.76. The minimum atomic E-state index is 0.589. The molecule has 7 heavy (non-hydrogen) atoms. The molecule has 0 fully saturated rings. The predicted molar refractivity (Wildman–Crippen MR) is 36.2 cm³/mol. The molecule has 4 heteroatoms. The number of halogens is 1. The molecule has 0 aromatic rings. The quantitative estimate of drug-likeness (QED) is 0.313. The second-order valence-electron chi connectivity index (χ2n) is 1.03. The Morgan fingerprint density at radius 2 is 2.43 bits per heavy atom. The van der Waals surface area contributed by atoms with Crippen LogP contribution >= 0.6 is 22.6 Å². The van der Waals surface area contributed by atoms with Crippen molar-refractivity contribution >= 4 is 22.6 Å². The third kappa shape index (κ3) is 4.46. The molecule has 0 saturated carbocycles. The molecule has 0 amide bonds. The van der Waals surface area contributed by atoms with Gasteiger partial charge in [0.25, 0.3) is 0 Å². The Hall–Kier alpha value is 0.610. The standard InChI is InChI=1S/C3H9IN2O/c1-2-5-6(7)3-4/h5,7H,2-3H2,1H3. The third-order valence-electron chi connectivity index (χ3n) is 0.454. The maximum absolute atomic E-state index is 8.57. The summed E-state index contributed by atoms with van der Waals surface area (Å²) < 4.78 is 0.589. The average molecular weight is 216 g/mol. The van der Waals surface area contributed by atoms with Gasteiger partial charge in [-0.1, -0.05) is 29.5 Å². The first kappa shape index (κ1) is 7.61. The Morgan fingerprint density at radius 1 is 1.86 bits per heavy atom. The van der Waals surface area contributed by atoms with Gasteiger partial charge in [0.2, 0.25) is 0 Å². The number of hydrogen-bond acceptors (Lipinski definition) is 3. The summed E-state index contributed by atoms with van der Waals surface area (Å²) in [4.78, 5) is 0. The summed E-state index contributed by atoms with van der Waals surface area (Å²) in [5.74, 6) is 0. The number of rotatable bonds is 3. The molecule has 0 unspecified atom stereocenters. The highest BCUT2D eigenvalue weighted by molar-refractivity contribution is 14.1. The number of hydrazine groups is 1. The number of hydroxylamine groups is 1. The molecule has 0 atom stereocenters. The molecule has 44 valence electrons. The molecule has 0 radical (unpaired) electrons. The first-order chi connectivity index (χ1) is 3.31. The molecule has 0 spiro atoms. The smallest absolute Gasteiger partial charge is 0.0915 e. The molecule has 3 nitrogen and oxygen atoms in total. The number of nitrogens with zero attached hydrogens (tertiary/aromatic N) is 1. The van der Waals surface area contributed by atoms with Gasteiger partial charge >= 0.3 is 0 Å². The fraction of sp³-hybridized carbons (Fsp3) is 1.00. The molecule has 0 rings (SSSR count). The Bertz CT molecular complexity index is 43.9. The van der Waals surface area contributed by atoms with Crippen molar-refractivity contribution in [2.75, 3.05) is 11.1 Å². The average Bonchev–Trinajstić information content (AvgIpc) is 1.68. The van der Waals surface area contributed by atoms with Crippen LogP contribution in [0.25, 0.3) is 0 Å². The fourth-order valence-corrected chi connectivity index (χ4v) is 0.466. The van der Waals surface area contributed by atoms with Crippen LogP contribution in [0.4, 0.5) is 0 Å². The zero-order valence-electron chi connectivity index (χ0n) is 4.19. The number of alkyl halides is 1. The van der Waals surface area contributed by atoms with E-state index in [0.29, 0.717) is 4.55 Å². The lowest BCUT2D eigenvalue weighted by Crippen LogP contribution is -2.33. The minimum Gasteiger partial charge on any atom is -0.298 e. The fourth-order valence-electron chi connectivity index (χ4n) is 0.225. The molecule has 0 aliphatic carbocycles. The van der Waals surface area contributed by atoms with Crippen LogP contribution in [0.3, 0.4) is 0 Å². The summed E-state index contributed by atoms with van der Waals surface area (Å²) in [6, 6.07) is 0. The molecular formula is C3H9IN2O. The first-order valence-electron chi connectivity index (χ1n) is 2.07. The molecule has 2 N–H and O–H groups in total. The van der Waals surface area contributed by atoms with E-state index in [1.54, 1.807) is 0 Å². The predicted octanol–water partition coefficient (Wildman–Crippen LogP) is 0.595. The van der Waals surface area contributed by atoms with Crippen molar-refractivity contribution in [2.24, 2.45) is 0 Å². The summed E-state index contributed by atoms with van der Waals surface area (Å²) in [5.41, 5.74) is 2.68. The monoisotopic (exact) mass is 216 g/mol. The van der Waals surface area contributed by atoms with Crippen LogP contribution in [0.5, 0.6) is 0 Å². The summed E-state index contributed by atoms with van der Waals surface area (Å²) in [7, 11) is 0. The van der Waals surface area contributed by atoms with E-state index in [9.17, 15) is 0 Å². The largest absolute Gasteiger partial charge is 0.298 e. The van der Waals surface area contributed by atoms with E-state index in [0.717, 1.165) is 11.7 Å². The van der Waals surface area contributed by atoms with Gasteiger partial charge in [-0.2, -0.15) is 0 Å². The lowest BCUT2D eigenvalue weighted by Gasteiger charge is -2.08. The van der Waals surface area contributed by atoms with Gasteiger partial charge in [-0.05, 0) is 0 Å². The van der Waals surface area contributed by atoms with Crippen LogP contribution in [0.1, 0.15) is 6.92 Å². The Labute approximate surface area is 56.8 Å². The van der Waals surface area contributed by atoms with E-state index in [-0.39, 0.29) is 0 Å². The highest BCUT2D eigenvalue weighted by Crippen LogP contribution is 1.81. The maximum Gasteiger partial charge on any atom is 0.0915 e. The van der Waals surface area contributed by atoms with Crippen LogP contribution in [0, 0.1) is 0 Å². The van der Waals surface area contributed by atoms with E-state index < -0.39 is 0 Å². The summed E-state index contributed by atoms with van der Waals surface area (Å²) in [6.45, 7) is 2.69. The van der Waals surface area contributed by atoms with Crippen LogP contribution in [0.2, 0.25) is 0 Å². The van der Waals surface area contributed by atoms with Gasteiger partial charge in [0.05, 0.1) is 4.55 Å². The Kier molecular flexibility index (Phi) is 5.18. The molecule has 0 heterocycles. The van der Waals surface area contributed by atoms with E-state index >= 15 is 0 Å². The summed E-state index contributed by atoms with van der Waals surface area (Å²) in [5, 5.41) is 9.61. The van der Waals surface area contributed by atoms with E-state index in [4.69, 9.17) is 5.21 Å². The molecule has 0 aromatic carbocycles. The van der Waals surface area contributed by atoms with Gasteiger partial charge < -0.3 is 0 Å². The highest BCUT2D eigenvalue weighted by atomic mass is 127. The SMILES string of the molecule is CCNN(O)CI. The third-order valence-corrected chi connectivity index (χ3v) is 1.10. The normalized spacial score (nSPS) is 10.3. The Balaban J connectivity index is 2.83. The number of nitrogens with one attached hydrogen (secondary N) is 1. The lowest BCUT2D eigenvalue weighted by molar-refractivity contribution is -0.114. The topological polar surface area (TPSA) is 35.5 Å². The maximum atomic E-state index is 8.57. The van der Waals surface area contributed by atoms with Crippen LogP contribution in [-0.4, -0.2) is 21.5 Å². The summed E-state index contributed by atoms with van der Waals surface area (Å²) in [6.07, 6.45) is 0. The zero-order valence-corrected chi connectivity index (χ0v) is 6.34. The van der Waals surface area contributed by atoms with Gasteiger partial charge in [0, 0.05) is 6.54 Å². The van der Waals surface area contributed by atoms with Gasteiger partial charge in [-0.25, -0.2) is 5.43 Å². The molecule has 0 saturated heterocycles.